The van der Waals surface area contributed by atoms with Crippen molar-refractivity contribution in [2.75, 3.05) is 23.9 Å². The first-order chi connectivity index (χ1) is 12.2. The molecule has 1 aliphatic rings. The number of rotatable bonds is 4. The number of nitrogens with one attached hydrogen (secondary N) is 1. The molecule has 1 aromatic carbocycles. The SMILES string of the molecule is CN(C(=O)c1cnc(Nc2ccc(F)c(Cl)c2)nc1)C1CCS(=O)(=O)C1. The van der Waals surface area contributed by atoms with Gasteiger partial charge in [-0.3, -0.25) is 4.79 Å². The van der Waals surface area contributed by atoms with Crippen LogP contribution in [0.2, 0.25) is 5.02 Å². The van der Waals surface area contributed by atoms with E-state index in [1.165, 1.54) is 35.5 Å². The second kappa shape index (κ2) is 7.16. The van der Waals surface area contributed by atoms with Gasteiger partial charge < -0.3 is 10.2 Å². The third-order valence-electron chi connectivity index (χ3n) is 4.15. The Hall–Kier alpha value is -2.26. The van der Waals surface area contributed by atoms with Gasteiger partial charge in [0.25, 0.3) is 5.91 Å². The zero-order valence-corrected chi connectivity index (χ0v) is 15.4. The standard InChI is InChI=1S/C16H16ClFN4O3S/c1-22(12-4-5-26(24,25)9-12)15(23)10-7-19-16(20-8-10)21-11-2-3-14(18)13(17)6-11/h2-3,6-8,12H,4-5,9H2,1H3,(H,19,20,21). The van der Waals surface area contributed by atoms with Crippen LogP contribution in [0.4, 0.5) is 16.0 Å². The highest BCUT2D eigenvalue weighted by molar-refractivity contribution is 7.91. The summed E-state index contributed by atoms with van der Waals surface area (Å²) in [5, 5.41) is 2.82. The highest BCUT2D eigenvalue weighted by atomic mass is 35.5. The van der Waals surface area contributed by atoms with Crippen LogP contribution in [0.5, 0.6) is 0 Å². The molecule has 1 aromatic heterocycles. The summed E-state index contributed by atoms with van der Waals surface area (Å²) in [6.45, 7) is 0. The molecule has 0 bridgehead atoms. The quantitative estimate of drug-likeness (QED) is 0.849. The van der Waals surface area contributed by atoms with Crippen LogP contribution in [-0.2, 0) is 9.84 Å². The fourth-order valence-electron chi connectivity index (χ4n) is 2.66. The first-order valence-electron chi connectivity index (χ1n) is 7.77. The summed E-state index contributed by atoms with van der Waals surface area (Å²) in [5.41, 5.74) is 0.753. The Morgan fingerprint density at radius 2 is 2.04 bits per heavy atom. The Morgan fingerprint density at radius 1 is 1.35 bits per heavy atom. The normalized spacial score (nSPS) is 18.5. The van der Waals surface area contributed by atoms with Crippen molar-refractivity contribution in [2.24, 2.45) is 0 Å². The minimum Gasteiger partial charge on any atom is -0.338 e. The number of halogens is 2. The molecule has 0 radical (unpaired) electrons. The molecule has 1 atom stereocenters. The molecular weight excluding hydrogens is 383 g/mol. The molecule has 2 heterocycles. The molecule has 26 heavy (non-hydrogen) atoms. The van der Waals surface area contributed by atoms with Gasteiger partial charge in [0.15, 0.2) is 9.84 Å². The van der Waals surface area contributed by atoms with Gasteiger partial charge in [-0.2, -0.15) is 0 Å². The van der Waals surface area contributed by atoms with Crippen molar-refractivity contribution < 1.29 is 17.6 Å². The van der Waals surface area contributed by atoms with E-state index >= 15 is 0 Å². The molecule has 1 amide bonds. The Morgan fingerprint density at radius 3 is 2.62 bits per heavy atom. The van der Waals surface area contributed by atoms with E-state index in [0.717, 1.165) is 0 Å². The van der Waals surface area contributed by atoms with Crippen LogP contribution < -0.4 is 5.32 Å². The first-order valence-corrected chi connectivity index (χ1v) is 9.97. The average Bonchev–Trinajstić information content (AvgIpc) is 2.97. The van der Waals surface area contributed by atoms with Gasteiger partial charge in [-0.15, -0.1) is 0 Å². The summed E-state index contributed by atoms with van der Waals surface area (Å²) in [6, 6.07) is 3.75. The van der Waals surface area contributed by atoms with Crippen LogP contribution in [0.3, 0.4) is 0 Å². The lowest BCUT2D eigenvalue weighted by Gasteiger charge is -2.23. The average molecular weight is 399 g/mol. The van der Waals surface area contributed by atoms with Gasteiger partial charge in [0.05, 0.1) is 22.1 Å². The number of amides is 1. The van der Waals surface area contributed by atoms with Gasteiger partial charge in [0, 0.05) is 31.2 Å². The van der Waals surface area contributed by atoms with Crippen LogP contribution in [0.25, 0.3) is 0 Å². The van der Waals surface area contributed by atoms with Crippen LogP contribution in [-0.4, -0.2) is 53.8 Å². The van der Waals surface area contributed by atoms with Gasteiger partial charge in [-0.25, -0.2) is 22.8 Å². The molecule has 1 fully saturated rings. The molecule has 3 rings (SSSR count). The maximum atomic E-state index is 13.2. The number of hydrogen-bond acceptors (Lipinski definition) is 6. The van der Waals surface area contributed by atoms with E-state index in [4.69, 9.17) is 11.6 Å². The summed E-state index contributed by atoms with van der Waals surface area (Å²) in [6.07, 6.45) is 3.13. The Labute approximate surface area is 155 Å². The maximum Gasteiger partial charge on any atom is 0.257 e. The van der Waals surface area contributed by atoms with E-state index in [1.807, 2.05) is 0 Å². The van der Waals surface area contributed by atoms with Crippen LogP contribution in [0, 0.1) is 5.82 Å². The van der Waals surface area contributed by atoms with Crippen molar-refractivity contribution in [2.45, 2.75) is 12.5 Å². The van der Waals surface area contributed by atoms with Gasteiger partial charge in [0.2, 0.25) is 5.95 Å². The van der Waals surface area contributed by atoms with Crippen molar-refractivity contribution in [3.63, 3.8) is 0 Å². The third kappa shape index (κ3) is 4.10. The van der Waals surface area contributed by atoms with Gasteiger partial charge >= 0.3 is 0 Å². The summed E-state index contributed by atoms with van der Waals surface area (Å²) < 4.78 is 36.3. The van der Waals surface area contributed by atoms with Gasteiger partial charge in [-0.1, -0.05) is 11.6 Å². The number of nitrogens with zero attached hydrogens (tertiary/aromatic N) is 3. The van der Waals surface area contributed by atoms with E-state index in [0.29, 0.717) is 12.1 Å². The summed E-state index contributed by atoms with van der Waals surface area (Å²) in [7, 11) is -1.51. The molecule has 1 aliphatic heterocycles. The molecule has 1 N–H and O–H groups in total. The molecule has 0 saturated carbocycles. The molecule has 1 unspecified atom stereocenters. The number of carbonyl (C=O) groups excluding carboxylic acids is 1. The van der Waals surface area contributed by atoms with Crippen molar-refractivity contribution in [3.05, 3.63) is 47.0 Å². The lowest BCUT2D eigenvalue weighted by molar-refractivity contribution is 0.0747. The highest BCUT2D eigenvalue weighted by Crippen LogP contribution is 2.22. The van der Waals surface area contributed by atoms with E-state index < -0.39 is 15.7 Å². The molecule has 10 heteroatoms. The monoisotopic (exact) mass is 398 g/mol. The van der Waals surface area contributed by atoms with Crippen molar-refractivity contribution >= 4 is 39.0 Å². The fraction of sp³-hybridized carbons (Fsp3) is 0.312. The fourth-order valence-corrected chi connectivity index (χ4v) is 4.61. The van der Waals surface area contributed by atoms with Crippen LogP contribution >= 0.6 is 11.6 Å². The Bertz CT molecular complexity index is 937. The smallest absolute Gasteiger partial charge is 0.257 e. The zero-order chi connectivity index (χ0) is 18.9. The lowest BCUT2D eigenvalue weighted by Crippen LogP contribution is -2.37. The molecule has 7 nitrogen and oxygen atoms in total. The largest absolute Gasteiger partial charge is 0.338 e. The molecular formula is C16H16ClFN4O3S. The molecule has 138 valence electrons. The highest BCUT2D eigenvalue weighted by Gasteiger charge is 2.33. The minimum absolute atomic E-state index is 0.0267. The second-order valence-corrected chi connectivity index (χ2v) is 8.66. The van der Waals surface area contributed by atoms with Gasteiger partial charge in [-0.05, 0) is 24.6 Å². The minimum atomic E-state index is -3.08. The van der Waals surface area contributed by atoms with Crippen molar-refractivity contribution in [1.29, 1.82) is 0 Å². The maximum absolute atomic E-state index is 13.2. The van der Waals surface area contributed by atoms with E-state index in [1.54, 1.807) is 7.05 Å². The number of sulfone groups is 1. The first kappa shape index (κ1) is 18.5. The summed E-state index contributed by atoms with van der Waals surface area (Å²) in [5.74, 6) is -0.592. The Balaban J connectivity index is 1.68. The molecule has 0 aliphatic carbocycles. The number of carbonyl (C=O) groups is 1. The van der Waals surface area contributed by atoms with Crippen LogP contribution in [0.15, 0.2) is 30.6 Å². The number of hydrogen-bond donors (Lipinski definition) is 1. The van der Waals surface area contributed by atoms with Crippen molar-refractivity contribution in [3.8, 4) is 0 Å². The number of benzene rings is 1. The summed E-state index contributed by atoms with van der Waals surface area (Å²) >= 11 is 5.72. The predicted molar refractivity (Wildman–Crippen MR) is 95.9 cm³/mol. The Kier molecular flexibility index (Phi) is 5.10. The molecule has 1 saturated heterocycles. The molecule has 2 aromatic rings. The number of aromatic nitrogens is 2. The zero-order valence-electron chi connectivity index (χ0n) is 13.8. The van der Waals surface area contributed by atoms with Crippen LogP contribution in [0.1, 0.15) is 16.8 Å². The van der Waals surface area contributed by atoms with E-state index in [-0.39, 0.29) is 40.0 Å². The summed E-state index contributed by atoms with van der Waals surface area (Å²) in [4.78, 5) is 22.0. The molecule has 0 spiro atoms. The topological polar surface area (TPSA) is 92.3 Å². The van der Waals surface area contributed by atoms with Crippen molar-refractivity contribution in [1.82, 2.24) is 14.9 Å². The number of anilines is 2. The predicted octanol–water partition coefficient (Wildman–Crippen LogP) is 2.27. The third-order valence-corrected chi connectivity index (χ3v) is 6.19. The van der Waals surface area contributed by atoms with Gasteiger partial charge in [0.1, 0.15) is 5.82 Å². The lowest BCUT2D eigenvalue weighted by atomic mass is 10.2. The van der Waals surface area contributed by atoms with E-state index in [9.17, 15) is 17.6 Å². The van der Waals surface area contributed by atoms with E-state index in [2.05, 4.69) is 15.3 Å². The second-order valence-electron chi connectivity index (χ2n) is 6.02.